The van der Waals surface area contributed by atoms with Gasteiger partial charge in [0.05, 0.1) is 6.04 Å². The minimum atomic E-state index is -0.832. The number of carbonyl (C=O) groups is 3. The molecule has 7 nitrogen and oxygen atoms in total. The molecule has 0 aromatic carbocycles. The molecule has 0 radical (unpaired) electrons. The van der Waals surface area contributed by atoms with Crippen LogP contribution in [0.2, 0.25) is 0 Å². The van der Waals surface area contributed by atoms with Gasteiger partial charge in [0.15, 0.2) is 0 Å². The Kier molecular flexibility index (Phi) is 4.27. The van der Waals surface area contributed by atoms with Gasteiger partial charge in [0.2, 0.25) is 5.91 Å². The maximum absolute atomic E-state index is 12.2. The third-order valence-corrected chi connectivity index (χ3v) is 4.13. The fraction of sp³-hybridized carbons (Fsp3) is 0.769. The Morgan fingerprint density at radius 2 is 2.05 bits per heavy atom. The molecule has 0 aromatic heterocycles. The van der Waals surface area contributed by atoms with E-state index in [0.29, 0.717) is 32.4 Å². The second kappa shape index (κ2) is 5.78. The Morgan fingerprint density at radius 1 is 1.40 bits per heavy atom. The highest BCUT2D eigenvalue weighted by Gasteiger charge is 2.48. The van der Waals surface area contributed by atoms with Gasteiger partial charge in [0.1, 0.15) is 5.54 Å². The van der Waals surface area contributed by atoms with E-state index in [1.165, 1.54) is 0 Å². The molecular weight excluding hydrogens is 260 g/mol. The fourth-order valence-corrected chi connectivity index (χ4v) is 2.77. The maximum Gasteiger partial charge on any atom is 0.322 e. The molecule has 4 amide bonds. The quantitative estimate of drug-likeness (QED) is 0.616. The maximum atomic E-state index is 12.2. The molecule has 0 aliphatic carbocycles. The smallest absolute Gasteiger partial charge is 0.322 e. The van der Waals surface area contributed by atoms with Crippen LogP contribution in [-0.4, -0.2) is 47.4 Å². The monoisotopic (exact) mass is 282 g/mol. The Bertz CT molecular complexity index is 416. The van der Waals surface area contributed by atoms with E-state index in [9.17, 15) is 14.4 Å². The number of urea groups is 1. The number of piperidine rings is 1. The Hall–Kier alpha value is -1.63. The van der Waals surface area contributed by atoms with E-state index in [1.807, 2.05) is 0 Å². The lowest BCUT2D eigenvalue weighted by atomic mass is 9.87. The van der Waals surface area contributed by atoms with Gasteiger partial charge in [-0.05, 0) is 19.3 Å². The van der Waals surface area contributed by atoms with Crippen molar-refractivity contribution in [3.63, 3.8) is 0 Å². The van der Waals surface area contributed by atoms with Crippen LogP contribution in [-0.2, 0) is 9.59 Å². The van der Waals surface area contributed by atoms with E-state index >= 15 is 0 Å². The Labute approximate surface area is 118 Å². The Balaban J connectivity index is 1.89. The van der Waals surface area contributed by atoms with Crippen LogP contribution in [0.15, 0.2) is 0 Å². The number of nitrogens with two attached hydrogens (primary N) is 1. The molecule has 2 aliphatic heterocycles. The molecule has 0 saturated carbocycles. The lowest BCUT2D eigenvalue weighted by Crippen LogP contribution is -2.57. The highest BCUT2D eigenvalue weighted by molar-refractivity contribution is 6.07. The molecule has 2 saturated heterocycles. The minimum Gasteiger partial charge on any atom is -0.341 e. The van der Waals surface area contributed by atoms with E-state index < -0.39 is 17.6 Å². The van der Waals surface area contributed by atoms with Crippen molar-refractivity contribution in [1.29, 1.82) is 0 Å². The van der Waals surface area contributed by atoms with E-state index in [2.05, 4.69) is 17.6 Å². The number of unbranched alkanes of at least 4 members (excludes halogenated alkanes) is 1. The number of amides is 4. The van der Waals surface area contributed by atoms with Crippen LogP contribution in [0, 0.1) is 0 Å². The first-order chi connectivity index (χ1) is 9.48. The number of carbonyl (C=O) groups excluding carboxylic acids is 3. The van der Waals surface area contributed by atoms with Crippen LogP contribution in [0.1, 0.15) is 39.0 Å². The van der Waals surface area contributed by atoms with E-state index in [1.54, 1.807) is 4.90 Å². The summed E-state index contributed by atoms with van der Waals surface area (Å²) in [6, 6.07) is -0.912. The van der Waals surface area contributed by atoms with E-state index in [0.717, 1.165) is 12.8 Å². The molecule has 2 aliphatic rings. The number of hydrogen-bond acceptors (Lipinski definition) is 4. The van der Waals surface area contributed by atoms with Crippen molar-refractivity contribution >= 4 is 17.8 Å². The lowest BCUT2D eigenvalue weighted by Gasteiger charge is -2.37. The van der Waals surface area contributed by atoms with Gasteiger partial charge >= 0.3 is 6.03 Å². The number of rotatable bonds is 4. The molecule has 1 spiro atoms. The van der Waals surface area contributed by atoms with Gasteiger partial charge in [-0.25, -0.2) is 4.79 Å². The molecule has 1 unspecified atom stereocenters. The third kappa shape index (κ3) is 2.77. The van der Waals surface area contributed by atoms with Gasteiger partial charge in [-0.2, -0.15) is 0 Å². The predicted octanol–water partition coefficient (Wildman–Crippen LogP) is -0.295. The number of nitrogens with one attached hydrogen (secondary N) is 2. The molecule has 2 fully saturated rings. The van der Waals surface area contributed by atoms with Crippen molar-refractivity contribution < 1.29 is 14.4 Å². The topological polar surface area (TPSA) is 105 Å². The van der Waals surface area contributed by atoms with Crippen LogP contribution >= 0.6 is 0 Å². The second-order valence-corrected chi connectivity index (χ2v) is 5.56. The first-order valence-corrected chi connectivity index (χ1v) is 7.16. The standard InChI is InChI=1S/C13H22N4O3/c1-2-3-4-9(14)10(18)17-7-5-13(6-8-17)11(19)15-12(20)16-13/h9H,2-8,14H2,1H3,(H2,15,16,19,20). The zero-order valence-electron chi connectivity index (χ0n) is 11.8. The molecule has 2 rings (SSSR count). The number of likely N-dealkylation sites (tertiary alicyclic amines) is 1. The summed E-state index contributed by atoms with van der Waals surface area (Å²) in [6.45, 7) is 2.96. The summed E-state index contributed by atoms with van der Waals surface area (Å²) in [7, 11) is 0. The summed E-state index contributed by atoms with van der Waals surface area (Å²) in [6.07, 6.45) is 3.52. The van der Waals surface area contributed by atoms with Crippen LogP contribution in [0.4, 0.5) is 4.79 Å². The molecule has 0 bridgehead atoms. The highest BCUT2D eigenvalue weighted by atomic mass is 16.2. The van der Waals surface area contributed by atoms with Crippen LogP contribution in [0.5, 0.6) is 0 Å². The summed E-state index contributed by atoms with van der Waals surface area (Å²) < 4.78 is 0. The molecule has 112 valence electrons. The molecule has 2 heterocycles. The number of nitrogens with zero attached hydrogens (tertiary/aromatic N) is 1. The zero-order chi connectivity index (χ0) is 14.8. The average molecular weight is 282 g/mol. The predicted molar refractivity (Wildman–Crippen MR) is 72.7 cm³/mol. The SMILES string of the molecule is CCCCC(N)C(=O)N1CCC2(CC1)NC(=O)NC2=O. The summed E-state index contributed by atoms with van der Waals surface area (Å²) in [4.78, 5) is 36.9. The molecule has 4 N–H and O–H groups in total. The lowest BCUT2D eigenvalue weighted by molar-refractivity contribution is -0.137. The van der Waals surface area contributed by atoms with Gasteiger partial charge < -0.3 is 16.0 Å². The molecule has 1 atom stereocenters. The Morgan fingerprint density at radius 3 is 2.55 bits per heavy atom. The largest absolute Gasteiger partial charge is 0.341 e. The van der Waals surface area contributed by atoms with Crippen molar-refractivity contribution in [3.05, 3.63) is 0 Å². The molecule has 20 heavy (non-hydrogen) atoms. The highest BCUT2D eigenvalue weighted by Crippen LogP contribution is 2.25. The zero-order valence-corrected chi connectivity index (χ0v) is 11.8. The molecule has 0 aromatic rings. The fourth-order valence-electron chi connectivity index (χ4n) is 2.77. The van der Waals surface area contributed by atoms with Gasteiger partial charge in [-0.3, -0.25) is 14.9 Å². The molecular formula is C13H22N4O3. The van der Waals surface area contributed by atoms with Crippen LogP contribution in [0.3, 0.4) is 0 Å². The van der Waals surface area contributed by atoms with Gasteiger partial charge in [-0.1, -0.05) is 19.8 Å². The number of hydrogen-bond donors (Lipinski definition) is 3. The second-order valence-electron chi connectivity index (χ2n) is 5.56. The summed E-state index contributed by atoms with van der Waals surface area (Å²) >= 11 is 0. The van der Waals surface area contributed by atoms with E-state index in [-0.39, 0.29) is 11.8 Å². The van der Waals surface area contributed by atoms with Crippen LogP contribution < -0.4 is 16.4 Å². The summed E-state index contributed by atoms with van der Waals surface area (Å²) in [5.74, 6) is -0.345. The normalized spacial score (nSPS) is 22.6. The van der Waals surface area contributed by atoms with Crippen LogP contribution in [0.25, 0.3) is 0 Å². The van der Waals surface area contributed by atoms with Crippen molar-refractivity contribution in [1.82, 2.24) is 15.5 Å². The molecule has 7 heteroatoms. The van der Waals surface area contributed by atoms with Crippen molar-refractivity contribution in [2.75, 3.05) is 13.1 Å². The van der Waals surface area contributed by atoms with E-state index in [4.69, 9.17) is 5.73 Å². The average Bonchev–Trinajstić information content (AvgIpc) is 2.70. The van der Waals surface area contributed by atoms with Crippen molar-refractivity contribution in [2.24, 2.45) is 5.73 Å². The summed E-state index contributed by atoms with van der Waals surface area (Å²) in [5, 5.41) is 4.93. The first kappa shape index (κ1) is 14.8. The third-order valence-electron chi connectivity index (χ3n) is 4.13. The van der Waals surface area contributed by atoms with Gasteiger partial charge in [0, 0.05) is 13.1 Å². The first-order valence-electron chi connectivity index (χ1n) is 7.16. The minimum absolute atomic E-state index is 0.0574. The van der Waals surface area contributed by atoms with Gasteiger partial charge in [-0.15, -0.1) is 0 Å². The van der Waals surface area contributed by atoms with Crippen molar-refractivity contribution in [2.45, 2.75) is 50.6 Å². The van der Waals surface area contributed by atoms with Gasteiger partial charge in [0.25, 0.3) is 5.91 Å². The van der Waals surface area contributed by atoms with Crippen molar-refractivity contribution in [3.8, 4) is 0 Å². The number of imide groups is 1. The summed E-state index contributed by atoms with van der Waals surface area (Å²) in [5.41, 5.74) is 5.06.